The molecule has 0 amide bonds. The van der Waals surface area contributed by atoms with Crippen molar-refractivity contribution in [2.75, 3.05) is 13.6 Å². The molecule has 0 radical (unpaired) electrons. The molecule has 0 spiro atoms. The largest absolute Gasteiger partial charge is 0.391 e. The molecule has 78 valence electrons. The van der Waals surface area contributed by atoms with Gasteiger partial charge in [0.2, 0.25) is 0 Å². The molecule has 1 atom stereocenters. The quantitative estimate of drug-likeness (QED) is 0.865. The summed E-state index contributed by atoms with van der Waals surface area (Å²) < 4.78 is 13.6. The van der Waals surface area contributed by atoms with Gasteiger partial charge in [0.15, 0.2) is 0 Å². The Morgan fingerprint density at radius 3 is 2.79 bits per heavy atom. The number of likely N-dealkylation sites (N-methyl/N-ethyl adjacent to an activating group) is 1. The molecule has 0 aromatic heterocycles. The molecule has 0 fully saturated rings. The number of hydrogen-bond acceptors (Lipinski definition) is 2. The predicted molar refractivity (Wildman–Crippen MR) is 57.7 cm³/mol. The summed E-state index contributed by atoms with van der Waals surface area (Å²) in [4.78, 5) is 0. The second kappa shape index (κ2) is 5.44. The van der Waals surface area contributed by atoms with E-state index < -0.39 is 6.10 Å². The van der Waals surface area contributed by atoms with Crippen LogP contribution in [-0.4, -0.2) is 24.8 Å². The summed E-state index contributed by atoms with van der Waals surface area (Å²) in [7, 11) is 1.77. The second-order valence-electron chi connectivity index (χ2n) is 3.19. The van der Waals surface area contributed by atoms with Crippen molar-refractivity contribution >= 4 is 15.9 Å². The van der Waals surface area contributed by atoms with Crippen LogP contribution in [0.4, 0.5) is 4.39 Å². The Kier molecular flexibility index (Phi) is 4.51. The summed E-state index contributed by atoms with van der Waals surface area (Å²) in [6.45, 7) is 0.508. The summed E-state index contributed by atoms with van der Waals surface area (Å²) in [5.41, 5.74) is 0.791. The standard InChI is InChI=1S/C10H13BrFNO/c1-13-6-10(14)4-7-2-8(11)5-9(12)3-7/h2-3,5,10,13-14H,4,6H2,1H3. The van der Waals surface area contributed by atoms with Crippen molar-refractivity contribution in [3.63, 3.8) is 0 Å². The summed E-state index contributed by atoms with van der Waals surface area (Å²) in [5.74, 6) is -0.286. The van der Waals surface area contributed by atoms with E-state index in [4.69, 9.17) is 0 Å². The van der Waals surface area contributed by atoms with Crippen LogP contribution in [-0.2, 0) is 6.42 Å². The Morgan fingerprint density at radius 1 is 1.50 bits per heavy atom. The van der Waals surface area contributed by atoms with Crippen LogP contribution in [0.25, 0.3) is 0 Å². The van der Waals surface area contributed by atoms with Crippen LogP contribution in [0.3, 0.4) is 0 Å². The fraction of sp³-hybridized carbons (Fsp3) is 0.400. The fourth-order valence-electron chi connectivity index (χ4n) is 1.31. The highest BCUT2D eigenvalue weighted by Gasteiger charge is 2.06. The van der Waals surface area contributed by atoms with E-state index in [1.165, 1.54) is 12.1 Å². The molecule has 2 N–H and O–H groups in total. The first-order valence-electron chi connectivity index (χ1n) is 4.39. The molecule has 0 aliphatic heterocycles. The zero-order valence-corrected chi connectivity index (χ0v) is 9.51. The molecule has 0 aliphatic carbocycles. The minimum Gasteiger partial charge on any atom is -0.391 e. The van der Waals surface area contributed by atoms with Gasteiger partial charge in [0.05, 0.1) is 6.10 Å². The molecule has 1 rings (SSSR count). The van der Waals surface area contributed by atoms with Crippen molar-refractivity contribution < 1.29 is 9.50 Å². The fourth-order valence-corrected chi connectivity index (χ4v) is 1.82. The van der Waals surface area contributed by atoms with E-state index in [1.807, 2.05) is 6.07 Å². The topological polar surface area (TPSA) is 32.3 Å². The third-order valence-electron chi connectivity index (χ3n) is 1.83. The lowest BCUT2D eigenvalue weighted by Crippen LogP contribution is -2.25. The van der Waals surface area contributed by atoms with E-state index in [0.717, 1.165) is 5.56 Å². The summed E-state index contributed by atoms with van der Waals surface area (Å²) in [6, 6.07) is 4.64. The average Bonchev–Trinajstić information content (AvgIpc) is 2.01. The zero-order chi connectivity index (χ0) is 10.6. The maximum Gasteiger partial charge on any atom is 0.124 e. The van der Waals surface area contributed by atoms with Crippen molar-refractivity contribution in [2.24, 2.45) is 0 Å². The third-order valence-corrected chi connectivity index (χ3v) is 2.29. The van der Waals surface area contributed by atoms with Gasteiger partial charge in [0.25, 0.3) is 0 Å². The molecular formula is C10H13BrFNO. The van der Waals surface area contributed by atoms with Crippen LogP contribution < -0.4 is 5.32 Å². The number of aliphatic hydroxyl groups is 1. The van der Waals surface area contributed by atoms with E-state index in [2.05, 4.69) is 21.2 Å². The first-order valence-corrected chi connectivity index (χ1v) is 5.18. The van der Waals surface area contributed by atoms with Crippen LogP contribution in [0.15, 0.2) is 22.7 Å². The van der Waals surface area contributed by atoms with E-state index in [0.29, 0.717) is 17.4 Å². The first-order chi connectivity index (χ1) is 6.61. The highest BCUT2D eigenvalue weighted by atomic mass is 79.9. The number of aliphatic hydroxyl groups excluding tert-OH is 1. The van der Waals surface area contributed by atoms with E-state index >= 15 is 0 Å². The molecule has 2 nitrogen and oxygen atoms in total. The molecular weight excluding hydrogens is 249 g/mol. The van der Waals surface area contributed by atoms with Gasteiger partial charge >= 0.3 is 0 Å². The second-order valence-corrected chi connectivity index (χ2v) is 4.11. The Labute approximate surface area is 91.3 Å². The number of hydrogen-bond donors (Lipinski definition) is 2. The van der Waals surface area contributed by atoms with Gasteiger partial charge in [-0.15, -0.1) is 0 Å². The summed E-state index contributed by atoms with van der Waals surface area (Å²) in [5, 5.41) is 12.3. The molecule has 0 heterocycles. The smallest absolute Gasteiger partial charge is 0.124 e. The molecule has 0 saturated carbocycles. The molecule has 14 heavy (non-hydrogen) atoms. The lowest BCUT2D eigenvalue weighted by molar-refractivity contribution is 0.174. The molecule has 1 aromatic carbocycles. The number of rotatable bonds is 4. The van der Waals surface area contributed by atoms with Gasteiger partial charge in [0, 0.05) is 11.0 Å². The lowest BCUT2D eigenvalue weighted by Gasteiger charge is -2.09. The maximum absolute atomic E-state index is 12.9. The van der Waals surface area contributed by atoms with E-state index in [-0.39, 0.29) is 5.82 Å². The number of halogens is 2. The minimum absolute atomic E-state index is 0.286. The Balaban J connectivity index is 2.66. The normalized spacial score (nSPS) is 12.9. The highest BCUT2D eigenvalue weighted by Crippen LogP contribution is 2.15. The van der Waals surface area contributed by atoms with Crippen molar-refractivity contribution in [3.8, 4) is 0 Å². The van der Waals surface area contributed by atoms with Crippen LogP contribution in [0.2, 0.25) is 0 Å². The van der Waals surface area contributed by atoms with Crippen LogP contribution >= 0.6 is 15.9 Å². The molecule has 0 saturated heterocycles. The van der Waals surface area contributed by atoms with Gasteiger partial charge in [-0.25, -0.2) is 4.39 Å². The summed E-state index contributed by atoms with van der Waals surface area (Å²) in [6.07, 6.45) is -0.0225. The Morgan fingerprint density at radius 2 is 2.21 bits per heavy atom. The van der Waals surface area contributed by atoms with Gasteiger partial charge in [-0.05, 0) is 37.2 Å². The van der Waals surface area contributed by atoms with Gasteiger partial charge in [-0.3, -0.25) is 0 Å². The maximum atomic E-state index is 12.9. The van der Waals surface area contributed by atoms with Crippen molar-refractivity contribution in [1.82, 2.24) is 5.32 Å². The highest BCUT2D eigenvalue weighted by molar-refractivity contribution is 9.10. The van der Waals surface area contributed by atoms with Gasteiger partial charge < -0.3 is 10.4 Å². The van der Waals surface area contributed by atoms with Crippen LogP contribution in [0.1, 0.15) is 5.56 Å². The van der Waals surface area contributed by atoms with Gasteiger partial charge in [0.1, 0.15) is 5.82 Å². The van der Waals surface area contributed by atoms with Crippen molar-refractivity contribution in [2.45, 2.75) is 12.5 Å². The summed E-state index contributed by atoms with van der Waals surface area (Å²) >= 11 is 3.20. The Hall–Kier alpha value is -0.450. The van der Waals surface area contributed by atoms with Crippen molar-refractivity contribution in [3.05, 3.63) is 34.1 Å². The average molecular weight is 262 g/mol. The van der Waals surface area contributed by atoms with Gasteiger partial charge in [-0.2, -0.15) is 0 Å². The molecule has 1 unspecified atom stereocenters. The minimum atomic E-state index is -0.478. The molecule has 1 aromatic rings. The van der Waals surface area contributed by atoms with Gasteiger partial charge in [-0.1, -0.05) is 15.9 Å². The Bertz CT molecular complexity index is 286. The van der Waals surface area contributed by atoms with Crippen LogP contribution in [0.5, 0.6) is 0 Å². The number of nitrogens with one attached hydrogen (secondary N) is 1. The molecule has 4 heteroatoms. The molecule has 0 aliphatic rings. The lowest BCUT2D eigenvalue weighted by atomic mass is 10.1. The van der Waals surface area contributed by atoms with Crippen LogP contribution in [0, 0.1) is 5.82 Å². The molecule has 0 bridgehead atoms. The zero-order valence-electron chi connectivity index (χ0n) is 7.93. The van der Waals surface area contributed by atoms with Crippen molar-refractivity contribution in [1.29, 1.82) is 0 Å². The van der Waals surface area contributed by atoms with E-state index in [1.54, 1.807) is 7.05 Å². The number of benzene rings is 1. The monoisotopic (exact) mass is 261 g/mol. The van der Waals surface area contributed by atoms with E-state index in [9.17, 15) is 9.50 Å². The predicted octanol–water partition coefficient (Wildman–Crippen LogP) is 1.71. The first kappa shape index (κ1) is 11.6. The SMILES string of the molecule is CNCC(O)Cc1cc(F)cc(Br)c1. The third kappa shape index (κ3) is 3.74.